The average Bonchev–Trinajstić information content (AvgIpc) is 2.60. The number of piperidine rings is 1. The Labute approximate surface area is 155 Å². The van der Waals surface area contributed by atoms with Crippen LogP contribution in [0.25, 0.3) is 0 Å². The SMILES string of the molecule is CC(N)C1CCN(C(=O)CCN2C(=O)CCc3ccccc32)CC1.Cl. The highest BCUT2D eigenvalue weighted by molar-refractivity contribution is 5.97. The van der Waals surface area contributed by atoms with Crippen LogP contribution in [0.5, 0.6) is 0 Å². The van der Waals surface area contributed by atoms with E-state index in [1.165, 1.54) is 5.56 Å². The number of carbonyl (C=O) groups excluding carboxylic acids is 2. The minimum absolute atomic E-state index is 0. The van der Waals surface area contributed by atoms with Crippen LogP contribution in [0.2, 0.25) is 0 Å². The van der Waals surface area contributed by atoms with Crippen molar-refractivity contribution in [1.29, 1.82) is 0 Å². The zero-order valence-electron chi connectivity index (χ0n) is 14.8. The zero-order chi connectivity index (χ0) is 17.1. The maximum absolute atomic E-state index is 12.5. The molecule has 0 radical (unpaired) electrons. The molecule has 0 spiro atoms. The summed E-state index contributed by atoms with van der Waals surface area (Å²) in [5, 5.41) is 0. The van der Waals surface area contributed by atoms with E-state index in [-0.39, 0.29) is 30.3 Å². The van der Waals surface area contributed by atoms with Gasteiger partial charge in [-0.25, -0.2) is 0 Å². The predicted octanol–water partition coefficient (Wildman–Crippen LogP) is 2.36. The summed E-state index contributed by atoms with van der Waals surface area (Å²) in [5.74, 6) is 0.788. The molecule has 1 aromatic rings. The molecule has 2 aliphatic heterocycles. The first-order chi connectivity index (χ1) is 11.6. The highest BCUT2D eigenvalue weighted by Gasteiger charge is 2.27. The molecule has 2 N–H and O–H groups in total. The molecular weight excluding hydrogens is 338 g/mol. The Morgan fingerprint density at radius 1 is 1.24 bits per heavy atom. The second-order valence-electron chi connectivity index (χ2n) is 7.00. The maximum Gasteiger partial charge on any atom is 0.227 e. The fraction of sp³-hybridized carbons (Fsp3) is 0.579. The number of nitrogens with two attached hydrogens (primary N) is 1. The molecule has 3 rings (SSSR count). The van der Waals surface area contributed by atoms with Gasteiger partial charge in [-0.1, -0.05) is 18.2 Å². The molecule has 2 heterocycles. The Bertz CT molecular complexity index is 612. The third-order valence-electron chi connectivity index (χ3n) is 5.38. The van der Waals surface area contributed by atoms with E-state index in [1.54, 1.807) is 4.90 Å². The molecule has 138 valence electrons. The molecule has 1 aromatic carbocycles. The third-order valence-corrected chi connectivity index (χ3v) is 5.38. The van der Waals surface area contributed by atoms with Crippen LogP contribution in [0.4, 0.5) is 5.69 Å². The van der Waals surface area contributed by atoms with Crippen molar-refractivity contribution < 1.29 is 9.59 Å². The van der Waals surface area contributed by atoms with Crippen molar-refractivity contribution in [3.63, 3.8) is 0 Å². The van der Waals surface area contributed by atoms with Gasteiger partial charge in [0, 0.05) is 44.2 Å². The lowest BCUT2D eigenvalue weighted by Gasteiger charge is -2.34. The van der Waals surface area contributed by atoms with Crippen LogP contribution in [0, 0.1) is 5.92 Å². The Morgan fingerprint density at radius 3 is 2.60 bits per heavy atom. The Kier molecular flexibility index (Phi) is 6.85. The zero-order valence-corrected chi connectivity index (χ0v) is 15.6. The van der Waals surface area contributed by atoms with Gasteiger partial charge >= 0.3 is 0 Å². The van der Waals surface area contributed by atoms with Gasteiger partial charge in [-0.3, -0.25) is 9.59 Å². The number of hydrogen-bond donors (Lipinski definition) is 1. The van der Waals surface area contributed by atoms with Gasteiger partial charge in [-0.05, 0) is 43.7 Å². The Hall–Kier alpha value is -1.59. The Morgan fingerprint density at radius 2 is 1.92 bits per heavy atom. The van der Waals surface area contributed by atoms with E-state index in [4.69, 9.17) is 5.73 Å². The van der Waals surface area contributed by atoms with Gasteiger partial charge < -0.3 is 15.5 Å². The first-order valence-electron chi connectivity index (χ1n) is 8.98. The molecule has 25 heavy (non-hydrogen) atoms. The smallest absolute Gasteiger partial charge is 0.227 e. The van der Waals surface area contributed by atoms with Gasteiger partial charge in [0.15, 0.2) is 0 Å². The first kappa shape index (κ1) is 19.7. The molecule has 6 heteroatoms. The van der Waals surface area contributed by atoms with Gasteiger partial charge in [0.2, 0.25) is 11.8 Å². The van der Waals surface area contributed by atoms with Crippen molar-refractivity contribution in [2.24, 2.45) is 11.7 Å². The van der Waals surface area contributed by atoms with E-state index in [0.29, 0.717) is 25.3 Å². The lowest BCUT2D eigenvalue weighted by atomic mass is 9.91. The number of amides is 2. The van der Waals surface area contributed by atoms with E-state index < -0.39 is 0 Å². The van der Waals surface area contributed by atoms with E-state index in [1.807, 2.05) is 30.0 Å². The fourth-order valence-electron chi connectivity index (χ4n) is 3.78. The average molecular weight is 366 g/mol. The summed E-state index contributed by atoms with van der Waals surface area (Å²) in [6.45, 7) is 4.09. The third kappa shape index (κ3) is 4.53. The number of rotatable bonds is 4. The minimum atomic E-state index is 0. The number of carbonyl (C=O) groups is 2. The molecule has 1 saturated heterocycles. The summed E-state index contributed by atoms with van der Waals surface area (Å²) >= 11 is 0. The van der Waals surface area contributed by atoms with Gasteiger partial charge in [0.05, 0.1) is 0 Å². The lowest BCUT2D eigenvalue weighted by Crippen LogP contribution is -2.44. The minimum Gasteiger partial charge on any atom is -0.343 e. The van der Waals surface area contributed by atoms with Crippen LogP contribution in [-0.4, -0.2) is 42.4 Å². The van der Waals surface area contributed by atoms with Crippen molar-refractivity contribution in [3.8, 4) is 0 Å². The topological polar surface area (TPSA) is 66.6 Å². The van der Waals surface area contributed by atoms with Crippen molar-refractivity contribution >= 4 is 29.9 Å². The van der Waals surface area contributed by atoms with E-state index >= 15 is 0 Å². The number of anilines is 1. The summed E-state index contributed by atoms with van der Waals surface area (Å²) < 4.78 is 0. The van der Waals surface area contributed by atoms with Gasteiger partial charge in [-0.15, -0.1) is 12.4 Å². The van der Waals surface area contributed by atoms with Crippen molar-refractivity contribution in [2.45, 2.75) is 45.1 Å². The molecule has 1 fully saturated rings. The van der Waals surface area contributed by atoms with E-state index in [2.05, 4.69) is 6.07 Å². The second kappa shape index (κ2) is 8.68. The molecule has 2 amide bonds. The molecule has 0 aromatic heterocycles. The maximum atomic E-state index is 12.5. The van der Waals surface area contributed by atoms with Crippen LogP contribution in [0.1, 0.15) is 38.2 Å². The van der Waals surface area contributed by atoms with Gasteiger partial charge in [0.1, 0.15) is 0 Å². The van der Waals surface area contributed by atoms with Crippen molar-refractivity contribution in [2.75, 3.05) is 24.5 Å². The van der Waals surface area contributed by atoms with Gasteiger partial charge in [-0.2, -0.15) is 0 Å². The summed E-state index contributed by atoms with van der Waals surface area (Å²) in [7, 11) is 0. The number of likely N-dealkylation sites (tertiary alicyclic amines) is 1. The van der Waals surface area contributed by atoms with Crippen LogP contribution in [0.3, 0.4) is 0 Å². The molecule has 0 bridgehead atoms. The van der Waals surface area contributed by atoms with Crippen LogP contribution >= 0.6 is 12.4 Å². The Balaban J connectivity index is 0.00000225. The molecule has 0 saturated carbocycles. The largest absolute Gasteiger partial charge is 0.343 e. The number of aryl methyl sites for hydroxylation is 1. The second-order valence-corrected chi connectivity index (χ2v) is 7.00. The monoisotopic (exact) mass is 365 g/mol. The number of fused-ring (bicyclic) bond motifs is 1. The molecular formula is C19H28ClN3O2. The van der Waals surface area contributed by atoms with Gasteiger partial charge in [0.25, 0.3) is 0 Å². The number of benzene rings is 1. The highest BCUT2D eigenvalue weighted by atomic mass is 35.5. The molecule has 2 aliphatic rings. The molecule has 1 unspecified atom stereocenters. The first-order valence-corrected chi connectivity index (χ1v) is 8.98. The number of halogens is 1. The van der Waals surface area contributed by atoms with Crippen molar-refractivity contribution in [3.05, 3.63) is 29.8 Å². The molecule has 1 atom stereocenters. The van der Waals surface area contributed by atoms with Crippen LogP contribution < -0.4 is 10.6 Å². The summed E-state index contributed by atoms with van der Waals surface area (Å²) in [5.41, 5.74) is 8.12. The number of para-hydroxylation sites is 1. The van der Waals surface area contributed by atoms with E-state index in [9.17, 15) is 9.59 Å². The van der Waals surface area contributed by atoms with Crippen molar-refractivity contribution in [1.82, 2.24) is 4.90 Å². The number of nitrogens with zero attached hydrogens (tertiary/aromatic N) is 2. The van der Waals surface area contributed by atoms with Crippen LogP contribution in [-0.2, 0) is 16.0 Å². The fourth-order valence-corrected chi connectivity index (χ4v) is 3.78. The summed E-state index contributed by atoms with van der Waals surface area (Å²) in [4.78, 5) is 28.5. The van der Waals surface area contributed by atoms with E-state index in [0.717, 1.165) is 38.0 Å². The number of hydrogen-bond acceptors (Lipinski definition) is 3. The quantitative estimate of drug-likeness (QED) is 0.890. The molecule has 0 aliphatic carbocycles. The van der Waals surface area contributed by atoms with Crippen LogP contribution in [0.15, 0.2) is 24.3 Å². The highest BCUT2D eigenvalue weighted by Crippen LogP contribution is 2.28. The summed E-state index contributed by atoms with van der Waals surface area (Å²) in [6.07, 6.45) is 3.68. The standard InChI is InChI=1S/C19H27N3O2.ClH/c1-14(20)15-8-11-21(12-9-15)18(23)10-13-22-17-5-3-2-4-16(17)6-7-19(22)24;/h2-5,14-15H,6-13,20H2,1H3;1H. The normalized spacial score (nSPS) is 19.2. The predicted molar refractivity (Wildman–Crippen MR) is 102 cm³/mol. The summed E-state index contributed by atoms with van der Waals surface area (Å²) in [6, 6.07) is 8.19. The lowest BCUT2D eigenvalue weighted by molar-refractivity contribution is -0.132. The molecule has 5 nitrogen and oxygen atoms in total.